The Hall–Kier alpha value is -1.31. The van der Waals surface area contributed by atoms with Crippen LogP contribution in [0.2, 0.25) is 5.02 Å². The Kier molecular flexibility index (Phi) is 4.09. The lowest BCUT2D eigenvalue weighted by Gasteiger charge is -2.28. The fourth-order valence-electron chi connectivity index (χ4n) is 3.31. The zero-order valence-electron chi connectivity index (χ0n) is 11.6. The van der Waals surface area contributed by atoms with Crippen LogP contribution in [0.5, 0.6) is 0 Å². The van der Waals surface area contributed by atoms with Crippen molar-refractivity contribution in [1.82, 2.24) is 0 Å². The van der Waals surface area contributed by atoms with E-state index in [0.717, 1.165) is 17.0 Å². The third-order valence-corrected chi connectivity index (χ3v) is 4.68. The number of benzene rings is 2. The lowest BCUT2D eigenvalue weighted by Crippen LogP contribution is -2.18. The first kappa shape index (κ1) is 13.7. The Morgan fingerprint density at radius 2 is 1.85 bits per heavy atom. The van der Waals surface area contributed by atoms with E-state index in [-0.39, 0.29) is 6.04 Å². The molecule has 1 aliphatic carbocycles. The molecule has 2 heteroatoms. The monoisotopic (exact) mass is 285 g/mol. The van der Waals surface area contributed by atoms with Gasteiger partial charge in [0, 0.05) is 11.1 Å². The van der Waals surface area contributed by atoms with Gasteiger partial charge < -0.3 is 5.73 Å². The Balaban J connectivity index is 1.81. The molecule has 1 nitrogen and oxygen atoms in total. The van der Waals surface area contributed by atoms with Gasteiger partial charge in [-0.3, -0.25) is 0 Å². The zero-order valence-corrected chi connectivity index (χ0v) is 12.3. The van der Waals surface area contributed by atoms with Crippen LogP contribution in [0.15, 0.2) is 48.5 Å². The van der Waals surface area contributed by atoms with Crippen LogP contribution >= 0.6 is 11.6 Å². The molecule has 2 N–H and O–H groups in total. The highest BCUT2D eigenvalue weighted by atomic mass is 35.5. The number of hydrogen-bond donors (Lipinski definition) is 1. The number of halogens is 1. The molecule has 0 amide bonds. The normalized spacial score (nSPS) is 19.4. The standard InChI is InChI=1S/C18H20ClN/c19-17-11-4-3-10-16(17)18(20)12-14-8-5-7-13-6-1-2-9-15(13)14/h1-4,6,9-11,14,18H,5,7-8,12,20H2. The molecular weight excluding hydrogens is 266 g/mol. The van der Waals surface area contributed by atoms with E-state index in [0.29, 0.717) is 5.92 Å². The van der Waals surface area contributed by atoms with Crippen LogP contribution in [-0.4, -0.2) is 0 Å². The molecule has 3 rings (SSSR count). The minimum atomic E-state index is 0.0138. The molecule has 104 valence electrons. The fourth-order valence-corrected chi connectivity index (χ4v) is 3.58. The first-order valence-electron chi connectivity index (χ1n) is 7.33. The highest BCUT2D eigenvalue weighted by Crippen LogP contribution is 2.37. The van der Waals surface area contributed by atoms with Crippen molar-refractivity contribution in [3.05, 3.63) is 70.2 Å². The summed E-state index contributed by atoms with van der Waals surface area (Å²) in [6.07, 6.45) is 4.67. The number of nitrogens with two attached hydrogens (primary N) is 1. The van der Waals surface area contributed by atoms with Gasteiger partial charge in [-0.15, -0.1) is 0 Å². The molecule has 1 aliphatic rings. The summed E-state index contributed by atoms with van der Waals surface area (Å²) in [6, 6.07) is 16.7. The van der Waals surface area contributed by atoms with Crippen molar-refractivity contribution in [1.29, 1.82) is 0 Å². The van der Waals surface area contributed by atoms with Gasteiger partial charge in [0.25, 0.3) is 0 Å². The molecule has 0 heterocycles. The Bertz CT molecular complexity index is 593. The first-order valence-corrected chi connectivity index (χ1v) is 7.71. The van der Waals surface area contributed by atoms with Crippen molar-refractivity contribution >= 4 is 11.6 Å². The maximum absolute atomic E-state index is 6.40. The smallest absolute Gasteiger partial charge is 0.0453 e. The summed E-state index contributed by atoms with van der Waals surface area (Å²) in [7, 11) is 0. The average Bonchev–Trinajstić information content (AvgIpc) is 2.48. The Morgan fingerprint density at radius 3 is 2.70 bits per heavy atom. The summed E-state index contributed by atoms with van der Waals surface area (Å²) in [6.45, 7) is 0. The van der Waals surface area contributed by atoms with Gasteiger partial charge in [-0.1, -0.05) is 54.1 Å². The lowest BCUT2D eigenvalue weighted by molar-refractivity contribution is 0.476. The topological polar surface area (TPSA) is 26.0 Å². The van der Waals surface area contributed by atoms with Crippen LogP contribution in [0.3, 0.4) is 0 Å². The van der Waals surface area contributed by atoms with Crippen LogP contribution in [0.1, 0.15) is 47.9 Å². The quantitative estimate of drug-likeness (QED) is 0.857. The van der Waals surface area contributed by atoms with Crippen LogP contribution in [0, 0.1) is 0 Å². The first-order chi connectivity index (χ1) is 9.75. The lowest BCUT2D eigenvalue weighted by atomic mass is 9.79. The van der Waals surface area contributed by atoms with Crippen molar-refractivity contribution in [2.45, 2.75) is 37.6 Å². The van der Waals surface area contributed by atoms with E-state index in [1.54, 1.807) is 0 Å². The van der Waals surface area contributed by atoms with Crippen molar-refractivity contribution in [3.8, 4) is 0 Å². The zero-order chi connectivity index (χ0) is 13.9. The van der Waals surface area contributed by atoms with Crippen molar-refractivity contribution in [3.63, 3.8) is 0 Å². The van der Waals surface area contributed by atoms with Crippen molar-refractivity contribution in [2.75, 3.05) is 0 Å². The average molecular weight is 286 g/mol. The van der Waals surface area contributed by atoms with Gasteiger partial charge >= 0.3 is 0 Å². The second-order valence-corrected chi connectivity index (χ2v) is 6.06. The number of hydrogen-bond acceptors (Lipinski definition) is 1. The minimum Gasteiger partial charge on any atom is -0.324 e. The highest BCUT2D eigenvalue weighted by molar-refractivity contribution is 6.31. The van der Waals surface area contributed by atoms with E-state index >= 15 is 0 Å². The van der Waals surface area contributed by atoms with E-state index in [1.807, 2.05) is 24.3 Å². The molecule has 0 aromatic heterocycles. The molecule has 20 heavy (non-hydrogen) atoms. The minimum absolute atomic E-state index is 0.0138. The second-order valence-electron chi connectivity index (χ2n) is 5.65. The molecule has 2 unspecified atom stereocenters. The van der Waals surface area contributed by atoms with E-state index < -0.39 is 0 Å². The van der Waals surface area contributed by atoms with Crippen molar-refractivity contribution < 1.29 is 0 Å². The molecule has 0 radical (unpaired) electrons. The summed E-state index contributed by atoms with van der Waals surface area (Å²) in [5, 5.41) is 0.782. The maximum atomic E-state index is 6.40. The van der Waals surface area contributed by atoms with Crippen molar-refractivity contribution in [2.24, 2.45) is 5.73 Å². The largest absolute Gasteiger partial charge is 0.324 e. The molecule has 0 bridgehead atoms. The molecular formula is C18H20ClN. The molecule has 0 spiro atoms. The fraction of sp³-hybridized carbons (Fsp3) is 0.333. The number of fused-ring (bicyclic) bond motifs is 1. The van der Waals surface area contributed by atoms with Gasteiger partial charge in [0.15, 0.2) is 0 Å². The van der Waals surface area contributed by atoms with E-state index in [2.05, 4.69) is 24.3 Å². The predicted octanol–water partition coefficient (Wildman–Crippen LogP) is 4.85. The predicted molar refractivity (Wildman–Crippen MR) is 85.1 cm³/mol. The molecule has 0 saturated carbocycles. The van der Waals surface area contributed by atoms with Crippen LogP contribution in [0.25, 0.3) is 0 Å². The molecule has 2 aromatic carbocycles. The van der Waals surface area contributed by atoms with E-state index in [4.69, 9.17) is 17.3 Å². The van der Waals surface area contributed by atoms with Crippen LogP contribution < -0.4 is 5.73 Å². The summed E-state index contributed by atoms with van der Waals surface area (Å²) < 4.78 is 0. The van der Waals surface area contributed by atoms with Gasteiger partial charge in [-0.25, -0.2) is 0 Å². The van der Waals surface area contributed by atoms with Gasteiger partial charge in [-0.05, 0) is 54.4 Å². The van der Waals surface area contributed by atoms with Crippen LogP contribution in [-0.2, 0) is 6.42 Å². The summed E-state index contributed by atoms with van der Waals surface area (Å²) in [5.41, 5.74) is 10.4. The summed E-state index contributed by atoms with van der Waals surface area (Å²) in [5.74, 6) is 0.561. The van der Waals surface area contributed by atoms with Gasteiger partial charge in [0.2, 0.25) is 0 Å². The van der Waals surface area contributed by atoms with Gasteiger partial charge in [0.05, 0.1) is 0 Å². The molecule has 0 fully saturated rings. The third-order valence-electron chi connectivity index (χ3n) is 4.34. The molecule has 2 aromatic rings. The number of rotatable bonds is 3. The molecule has 2 atom stereocenters. The second kappa shape index (κ2) is 5.99. The van der Waals surface area contributed by atoms with E-state index in [9.17, 15) is 0 Å². The molecule has 0 saturated heterocycles. The Labute approximate surface area is 125 Å². The third kappa shape index (κ3) is 2.74. The summed E-state index contributed by atoms with van der Waals surface area (Å²) >= 11 is 6.26. The Morgan fingerprint density at radius 1 is 1.10 bits per heavy atom. The van der Waals surface area contributed by atoms with Gasteiger partial charge in [-0.2, -0.15) is 0 Å². The summed E-state index contributed by atoms with van der Waals surface area (Å²) in [4.78, 5) is 0. The maximum Gasteiger partial charge on any atom is 0.0453 e. The highest BCUT2D eigenvalue weighted by Gasteiger charge is 2.23. The van der Waals surface area contributed by atoms with Gasteiger partial charge in [0.1, 0.15) is 0 Å². The van der Waals surface area contributed by atoms with Crippen LogP contribution in [0.4, 0.5) is 0 Å². The number of aryl methyl sites for hydroxylation is 1. The SMILES string of the molecule is NC(CC1CCCc2ccccc21)c1ccccc1Cl. The molecule has 0 aliphatic heterocycles. The van der Waals surface area contributed by atoms with E-state index in [1.165, 1.54) is 30.4 Å².